The van der Waals surface area contributed by atoms with Crippen molar-refractivity contribution in [1.82, 2.24) is 0 Å². The van der Waals surface area contributed by atoms with Crippen LogP contribution in [-0.2, 0) is 9.53 Å². The van der Waals surface area contributed by atoms with E-state index < -0.39 is 5.97 Å². The van der Waals surface area contributed by atoms with Crippen LogP contribution in [0.25, 0.3) is 0 Å². The number of carbonyl (C=O) groups excluding carboxylic acids is 2. The van der Waals surface area contributed by atoms with Crippen molar-refractivity contribution in [3.05, 3.63) is 46.3 Å². The van der Waals surface area contributed by atoms with Gasteiger partial charge in [-0.15, -0.1) is 23.1 Å². The zero-order chi connectivity index (χ0) is 18.4. The number of hydrogen-bond donors (Lipinski definition) is 1. The van der Waals surface area contributed by atoms with Gasteiger partial charge in [0.25, 0.3) is 0 Å². The molecular formula is C18H18N2O3S2. The first-order valence-corrected chi connectivity index (χ1v) is 9.40. The number of thioether (sulfide) groups is 1. The van der Waals surface area contributed by atoms with Crippen molar-refractivity contribution < 1.29 is 14.3 Å². The molecule has 2 aromatic rings. The summed E-state index contributed by atoms with van der Waals surface area (Å²) >= 11 is 2.50. The number of rotatable bonds is 6. The van der Waals surface area contributed by atoms with Crippen LogP contribution in [0, 0.1) is 18.3 Å². The van der Waals surface area contributed by atoms with Crippen LogP contribution in [0.5, 0.6) is 0 Å². The quantitative estimate of drug-likeness (QED) is 0.605. The summed E-state index contributed by atoms with van der Waals surface area (Å²) in [5.41, 5.74) is 0.836. The Morgan fingerprint density at radius 2 is 2.04 bits per heavy atom. The van der Waals surface area contributed by atoms with E-state index in [9.17, 15) is 14.9 Å². The smallest absolute Gasteiger partial charge is 0.348 e. The first-order chi connectivity index (χ1) is 12.0. The lowest BCUT2D eigenvalue weighted by Gasteiger charge is -2.11. The van der Waals surface area contributed by atoms with Gasteiger partial charge in [-0.3, -0.25) is 4.79 Å². The van der Waals surface area contributed by atoms with E-state index >= 15 is 0 Å². The van der Waals surface area contributed by atoms with Crippen molar-refractivity contribution in [2.24, 2.45) is 0 Å². The van der Waals surface area contributed by atoms with E-state index in [2.05, 4.69) is 11.4 Å². The number of carbonyl (C=O) groups is 2. The van der Waals surface area contributed by atoms with Crippen molar-refractivity contribution in [3.63, 3.8) is 0 Å². The van der Waals surface area contributed by atoms with Gasteiger partial charge in [-0.1, -0.05) is 18.2 Å². The summed E-state index contributed by atoms with van der Waals surface area (Å²) in [6, 6.07) is 11.7. The van der Waals surface area contributed by atoms with Crippen LogP contribution in [0.2, 0.25) is 0 Å². The van der Waals surface area contributed by atoms with Crippen LogP contribution in [0.3, 0.4) is 0 Å². The number of nitrogens with zero attached hydrogens (tertiary/aromatic N) is 1. The zero-order valence-electron chi connectivity index (χ0n) is 14.2. The van der Waals surface area contributed by atoms with Crippen molar-refractivity contribution in [2.45, 2.75) is 30.9 Å². The van der Waals surface area contributed by atoms with Crippen molar-refractivity contribution in [3.8, 4) is 6.07 Å². The summed E-state index contributed by atoms with van der Waals surface area (Å²) in [6.45, 7) is 5.45. The maximum absolute atomic E-state index is 12.5. The van der Waals surface area contributed by atoms with Gasteiger partial charge in [0.15, 0.2) is 0 Å². The van der Waals surface area contributed by atoms with Gasteiger partial charge in [0.05, 0.1) is 17.4 Å². The van der Waals surface area contributed by atoms with Gasteiger partial charge in [0.1, 0.15) is 15.9 Å². The second kappa shape index (κ2) is 8.70. The summed E-state index contributed by atoms with van der Waals surface area (Å²) in [5.74, 6) is -0.698. The average Bonchev–Trinajstić information content (AvgIpc) is 2.91. The Balaban J connectivity index is 2.16. The largest absolute Gasteiger partial charge is 0.462 e. The van der Waals surface area contributed by atoms with Crippen LogP contribution < -0.4 is 5.32 Å². The number of nitrogens with one attached hydrogen (secondary N) is 1. The fraction of sp³-hybridized carbons (Fsp3) is 0.278. The molecule has 5 nitrogen and oxygen atoms in total. The molecule has 1 aromatic heterocycles. The number of anilines is 1. The minimum atomic E-state index is -0.478. The molecule has 1 aromatic carbocycles. The number of esters is 1. The molecule has 0 fully saturated rings. The molecule has 7 heteroatoms. The predicted octanol–water partition coefficient (Wildman–Crippen LogP) is 4.22. The molecular weight excluding hydrogens is 356 g/mol. The molecule has 0 spiro atoms. The SMILES string of the molecule is CCOC(=O)c1sc(NC(=O)C(C)Sc2ccccc2)c(C#N)c1C. The molecule has 0 aliphatic heterocycles. The zero-order valence-corrected chi connectivity index (χ0v) is 15.8. The van der Waals surface area contributed by atoms with E-state index in [0.717, 1.165) is 16.2 Å². The minimum Gasteiger partial charge on any atom is -0.462 e. The number of benzene rings is 1. The molecule has 25 heavy (non-hydrogen) atoms. The monoisotopic (exact) mass is 374 g/mol. The number of nitriles is 1. The van der Waals surface area contributed by atoms with Gasteiger partial charge in [0, 0.05) is 4.90 Å². The summed E-state index contributed by atoms with van der Waals surface area (Å²) in [7, 11) is 0. The predicted molar refractivity (Wildman–Crippen MR) is 100 cm³/mol. The highest BCUT2D eigenvalue weighted by molar-refractivity contribution is 8.00. The second-order valence-electron chi connectivity index (χ2n) is 5.15. The fourth-order valence-electron chi connectivity index (χ4n) is 2.10. The van der Waals surface area contributed by atoms with Crippen molar-refractivity contribution >= 4 is 40.0 Å². The van der Waals surface area contributed by atoms with E-state index in [1.54, 1.807) is 20.8 Å². The lowest BCUT2D eigenvalue weighted by atomic mass is 10.2. The van der Waals surface area contributed by atoms with Gasteiger partial charge in [-0.2, -0.15) is 5.26 Å². The van der Waals surface area contributed by atoms with E-state index in [-0.39, 0.29) is 17.8 Å². The van der Waals surface area contributed by atoms with Crippen LogP contribution >= 0.6 is 23.1 Å². The molecule has 1 heterocycles. The van der Waals surface area contributed by atoms with Crippen LogP contribution in [-0.4, -0.2) is 23.7 Å². The van der Waals surface area contributed by atoms with Crippen LogP contribution in [0.15, 0.2) is 35.2 Å². The second-order valence-corrected chi connectivity index (χ2v) is 7.59. The van der Waals surface area contributed by atoms with Crippen molar-refractivity contribution in [2.75, 3.05) is 11.9 Å². The third-order valence-corrected chi connectivity index (χ3v) is 5.68. The summed E-state index contributed by atoms with van der Waals surface area (Å²) in [6.07, 6.45) is 0. The van der Waals surface area contributed by atoms with Crippen LogP contribution in [0.1, 0.15) is 34.6 Å². The number of hydrogen-bond acceptors (Lipinski definition) is 6. The molecule has 1 N–H and O–H groups in total. The third-order valence-electron chi connectivity index (χ3n) is 3.38. The van der Waals surface area contributed by atoms with Crippen LogP contribution in [0.4, 0.5) is 5.00 Å². The molecule has 2 rings (SSSR count). The maximum atomic E-state index is 12.5. The molecule has 130 valence electrons. The van der Waals surface area contributed by atoms with Crippen molar-refractivity contribution in [1.29, 1.82) is 5.26 Å². The van der Waals surface area contributed by atoms with Gasteiger partial charge >= 0.3 is 5.97 Å². The highest BCUT2D eigenvalue weighted by Gasteiger charge is 2.23. The minimum absolute atomic E-state index is 0.220. The number of thiophene rings is 1. The Kier molecular flexibility index (Phi) is 6.62. The Morgan fingerprint density at radius 1 is 1.36 bits per heavy atom. The fourth-order valence-corrected chi connectivity index (χ4v) is 4.04. The lowest BCUT2D eigenvalue weighted by molar-refractivity contribution is -0.115. The molecule has 0 saturated heterocycles. The highest BCUT2D eigenvalue weighted by atomic mass is 32.2. The normalized spacial score (nSPS) is 11.4. The summed E-state index contributed by atoms with van der Waals surface area (Å²) in [5, 5.41) is 12.2. The molecule has 0 radical (unpaired) electrons. The third kappa shape index (κ3) is 4.62. The molecule has 0 bridgehead atoms. The highest BCUT2D eigenvalue weighted by Crippen LogP contribution is 2.34. The van der Waals surface area contributed by atoms with Gasteiger partial charge in [0.2, 0.25) is 5.91 Å². The van der Waals surface area contributed by atoms with Gasteiger partial charge in [-0.05, 0) is 38.5 Å². The molecule has 0 saturated carbocycles. The topological polar surface area (TPSA) is 79.2 Å². The van der Waals surface area contributed by atoms with E-state index in [1.807, 2.05) is 30.3 Å². The van der Waals surface area contributed by atoms with E-state index in [0.29, 0.717) is 21.0 Å². The van der Waals surface area contributed by atoms with Gasteiger partial charge < -0.3 is 10.1 Å². The van der Waals surface area contributed by atoms with E-state index in [4.69, 9.17) is 4.74 Å². The maximum Gasteiger partial charge on any atom is 0.348 e. The summed E-state index contributed by atoms with van der Waals surface area (Å²) < 4.78 is 5.00. The standard InChI is InChI=1S/C18H18N2O3S2/c1-4-23-18(22)15-11(2)14(10-19)17(25-15)20-16(21)12(3)24-13-8-6-5-7-9-13/h5-9,12H,4H2,1-3H3,(H,20,21). The van der Waals surface area contributed by atoms with Gasteiger partial charge in [-0.25, -0.2) is 4.79 Å². The number of ether oxygens (including phenoxy) is 1. The lowest BCUT2D eigenvalue weighted by Crippen LogP contribution is -2.22. The Labute approximate surface area is 155 Å². The Hall–Kier alpha value is -2.30. The van der Waals surface area contributed by atoms with E-state index in [1.165, 1.54) is 11.8 Å². The number of amides is 1. The Morgan fingerprint density at radius 3 is 2.64 bits per heavy atom. The Bertz CT molecular complexity index is 810. The average molecular weight is 374 g/mol. The first kappa shape index (κ1) is 19.0. The molecule has 0 aliphatic carbocycles. The molecule has 1 amide bonds. The molecule has 1 unspecified atom stereocenters. The summed E-state index contributed by atoms with van der Waals surface area (Å²) in [4.78, 5) is 25.8. The molecule has 1 atom stereocenters. The molecule has 0 aliphatic rings. The first-order valence-electron chi connectivity index (χ1n) is 7.71.